The molecule has 90 valence electrons. The second-order valence-electron chi connectivity index (χ2n) is 4.45. The van der Waals surface area contributed by atoms with Gasteiger partial charge in [0.15, 0.2) is 0 Å². The van der Waals surface area contributed by atoms with E-state index in [9.17, 15) is 0 Å². The molecule has 0 amide bonds. The number of nitrogens with one attached hydrogen (secondary N) is 1. The van der Waals surface area contributed by atoms with Gasteiger partial charge in [0.1, 0.15) is 17.6 Å². The Morgan fingerprint density at radius 2 is 2.47 bits per heavy atom. The normalized spacial score (nSPS) is 20.1. The molecular weight excluding hydrogens is 212 g/mol. The van der Waals surface area contributed by atoms with Crippen LogP contribution >= 0.6 is 0 Å². The van der Waals surface area contributed by atoms with Crippen molar-refractivity contribution in [3.8, 4) is 6.07 Å². The number of anilines is 1. The molecule has 1 aliphatic rings. The Labute approximate surface area is 102 Å². The molecule has 0 spiro atoms. The third-order valence-electron chi connectivity index (χ3n) is 3.25. The molecule has 0 saturated carbocycles. The lowest BCUT2D eigenvalue weighted by Gasteiger charge is -2.14. The van der Waals surface area contributed by atoms with Gasteiger partial charge >= 0.3 is 0 Å². The molecular formula is C13H18N4. The minimum absolute atomic E-state index is 0.469. The summed E-state index contributed by atoms with van der Waals surface area (Å²) in [6.07, 6.45) is 1.25. The summed E-state index contributed by atoms with van der Waals surface area (Å²) in [7, 11) is 0. The lowest BCUT2D eigenvalue weighted by Crippen LogP contribution is -2.22. The third-order valence-corrected chi connectivity index (χ3v) is 3.25. The molecule has 1 N–H and O–H groups in total. The highest BCUT2D eigenvalue weighted by molar-refractivity contribution is 5.38. The van der Waals surface area contributed by atoms with Crippen molar-refractivity contribution in [2.75, 3.05) is 31.5 Å². The molecule has 2 heterocycles. The van der Waals surface area contributed by atoms with E-state index in [0.29, 0.717) is 11.6 Å². The van der Waals surface area contributed by atoms with Crippen LogP contribution in [0.3, 0.4) is 0 Å². The molecule has 1 saturated heterocycles. The highest BCUT2D eigenvalue weighted by atomic mass is 15.1. The Bertz CT molecular complexity index is 410. The molecule has 0 radical (unpaired) electrons. The van der Waals surface area contributed by atoms with Gasteiger partial charge in [-0.2, -0.15) is 5.26 Å². The third kappa shape index (κ3) is 3.18. The van der Waals surface area contributed by atoms with E-state index in [0.717, 1.165) is 18.9 Å². The SMILES string of the molecule is CCN1CCC(CNc2cccc(C#N)n2)C1. The van der Waals surface area contributed by atoms with Gasteiger partial charge in [-0.05, 0) is 37.6 Å². The molecule has 17 heavy (non-hydrogen) atoms. The van der Waals surface area contributed by atoms with Crippen molar-refractivity contribution in [1.82, 2.24) is 9.88 Å². The van der Waals surface area contributed by atoms with Gasteiger partial charge in [0.2, 0.25) is 0 Å². The zero-order valence-corrected chi connectivity index (χ0v) is 10.2. The van der Waals surface area contributed by atoms with Gasteiger partial charge < -0.3 is 10.2 Å². The van der Waals surface area contributed by atoms with Crippen molar-refractivity contribution in [3.05, 3.63) is 23.9 Å². The van der Waals surface area contributed by atoms with E-state index in [1.54, 1.807) is 6.07 Å². The predicted molar refractivity (Wildman–Crippen MR) is 67.7 cm³/mol. The molecule has 1 fully saturated rings. The number of rotatable bonds is 4. The summed E-state index contributed by atoms with van der Waals surface area (Å²) < 4.78 is 0. The van der Waals surface area contributed by atoms with Crippen molar-refractivity contribution in [2.45, 2.75) is 13.3 Å². The summed E-state index contributed by atoms with van der Waals surface area (Å²) in [5.74, 6) is 1.50. The minimum atomic E-state index is 0.469. The van der Waals surface area contributed by atoms with Crippen LogP contribution in [0.15, 0.2) is 18.2 Å². The number of hydrogen-bond acceptors (Lipinski definition) is 4. The summed E-state index contributed by atoms with van der Waals surface area (Å²) in [5, 5.41) is 12.1. The lowest BCUT2D eigenvalue weighted by molar-refractivity contribution is 0.345. The Kier molecular flexibility index (Phi) is 3.94. The second-order valence-corrected chi connectivity index (χ2v) is 4.45. The van der Waals surface area contributed by atoms with Crippen molar-refractivity contribution < 1.29 is 0 Å². The summed E-state index contributed by atoms with van der Waals surface area (Å²) >= 11 is 0. The molecule has 4 nitrogen and oxygen atoms in total. The standard InChI is InChI=1S/C13H18N4/c1-2-17-7-6-11(10-17)9-15-13-5-3-4-12(8-14)16-13/h3-5,11H,2,6-7,9-10H2,1H3,(H,15,16). The van der Waals surface area contributed by atoms with Gasteiger partial charge in [0, 0.05) is 13.1 Å². The molecule has 0 aromatic carbocycles. The molecule has 0 bridgehead atoms. The highest BCUT2D eigenvalue weighted by Gasteiger charge is 2.20. The van der Waals surface area contributed by atoms with E-state index in [1.165, 1.54) is 19.5 Å². The van der Waals surface area contributed by atoms with Crippen LogP contribution in [0.5, 0.6) is 0 Å². The number of likely N-dealkylation sites (tertiary alicyclic amines) is 1. The summed E-state index contributed by atoms with van der Waals surface area (Å²) in [4.78, 5) is 6.67. The maximum Gasteiger partial charge on any atom is 0.142 e. The van der Waals surface area contributed by atoms with E-state index in [4.69, 9.17) is 5.26 Å². The largest absolute Gasteiger partial charge is 0.370 e. The van der Waals surface area contributed by atoms with E-state index < -0.39 is 0 Å². The molecule has 4 heteroatoms. The smallest absolute Gasteiger partial charge is 0.142 e. The van der Waals surface area contributed by atoms with Gasteiger partial charge in [0.05, 0.1) is 0 Å². The first-order chi connectivity index (χ1) is 8.31. The Balaban J connectivity index is 1.84. The second kappa shape index (κ2) is 5.65. The van der Waals surface area contributed by atoms with Gasteiger partial charge in [-0.25, -0.2) is 4.98 Å². The van der Waals surface area contributed by atoms with Crippen molar-refractivity contribution in [1.29, 1.82) is 5.26 Å². The zero-order chi connectivity index (χ0) is 12.1. The maximum atomic E-state index is 8.76. The maximum absolute atomic E-state index is 8.76. The minimum Gasteiger partial charge on any atom is -0.370 e. The van der Waals surface area contributed by atoms with Crippen LogP contribution in [0.25, 0.3) is 0 Å². The van der Waals surface area contributed by atoms with Crippen LogP contribution in [0.2, 0.25) is 0 Å². The molecule has 0 aliphatic carbocycles. The first-order valence-electron chi connectivity index (χ1n) is 6.15. The van der Waals surface area contributed by atoms with Crippen LogP contribution in [-0.2, 0) is 0 Å². The highest BCUT2D eigenvalue weighted by Crippen LogP contribution is 2.16. The molecule has 1 aliphatic heterocycles. The lowest BCUT2D eigenvalue weighted by atomic mass is 10.1. The van der Waals surface area contributed by atoms with E-state index in [-0.39, 0.29) is 0 Å². The van der Waals surface area contributed by atoms with Crippen molar-refractivity contribution >= 4 is 5.82 Å². The number of aromatic nitrogens is 1. The molecule has 1 aromatic heterocycles. The van der Waals surface area contributed by atoms with Crippen LogP contribution < -0.4 is 5.32 Å². The average molecular weight is 230 g/mol. The zero-order valence-electron chi connectivity index (χ0n) is 10.2. The number of nitrogens with zero attached hydrogens (tertiary/aromatic N) is 3. The van der Waals surface area contributed by atoms with E-state index >= 15 is 0 Å². The van der Waals surface area contributed by atoms with E-state index in [2.05, 4.69) is 28.2 Å². The van der Waals surface area contributed by atoms with Gasteiger partial charge in [-0.15, -0.1) is 0 Å². The number of hydrogen-bond donors (Lipinski definition) is 1. The van der Waals surface area contributed by atoms with E-state index in [1.807, 2.05) is 12.1 Å². The number of nitriles is 1. The van der Waals surface area contributed by atoms with Crippen molar-refractivity contribution in [3.63, 3.8) is 0 Å². The van der Waals surface area contributed by atoms with Gasteiger partial charge in [-0.1, -0.05) is 13.0 Å². The van der Waals surface area contributed by atoms with Gasteiger partial charge in [-0.3, -0.25) is 0 Å². The molecule has 2 rings (SSSR count). The van der Waals surface area contributed by atoms with Gasteiger partial charge in [0.25, 0.3) is 0 Å². The van der Waals surface area contributed by atoms with Crippen LogP contribution in [-0.4, -0.2) is 36.1 Å². The molecule has 1 aromatic rings. The quantitative estimate of drug-likeness (QED) is 0.855. The van der Waals surface area contributed by atoms with Crippen LogP contribution in [0.1, 0.15) is 19.0 Å². The summed E-state index contributed by atoms with van der Waals surface area (Å²) in [5.41, 5.74) is 0.469. The first-order valence-corrected chi connectivity index (χ1v) is 6.15. The monoisotopic (exact) mass is 230 g/mol. The van der Waals surface area contributed by atoms with Crippen LogP contribution in [0, 0.1) is 17.2 Å². The fourth-order valence-corrected chi connectivity index (χ4v) is 2.21. The Morgan fingerprint density at radius 3 is 3.18 bits per heavy atom. The van der Waals surface area contributed by atoms with Crippen molar-refractivity contribution in [2.24, 2.45) is 5.92 Å². The molecule has 1 unspecified atom stereocenters. The molecule has 1 atom stereocenters. The fraction of sp³-hybridized carbons (Fsp3) is 0.538. The van der Waals surface area contributed by atoms with Crippen LogP contribution in [0.4, 0.5) is 5.82 Å². The summed E-state index contributed by atoms with van der Waals surface area (Å²) in [6.45, 7) is 6.65. The Hall–Kier alpha value is -1.60. The average Bonchev–Trinajstić information content (AvgIpc) is 2.84. The fourth-order valence-electron chi connectivity index (χ4n) is 2.21. The Morgan fingerprint density at radius 1 is 1.59 bits per heavy atom. The first kappa shape index (κ1) is 11.9. The topological polar surface area (TPSA) is 52.0 Å². The number of pyridine rings is 1. The summed E-state index contributed by atoms with van der Waals surface area (Å²) in [6, 6.07) is 7.55. The predicted octanol–water partition coefficient (Wildman–Crippen LogP) is 1.71.